The monoisotopic (exact) mass is 303 g/mol. The maximum atomic E-state index is 11.1. The summed E-state index contributed by atoms with van der Waals surface area (Å²) in [6.07, 6.45) is 5.04. The van der Waals surface area contributed by atoms with Gasteiger partial charge in [0.25, 0.3) is 0 Å². The van der Waals surface area contributed by atoms with Gasteiger partial charge in [-0.25, -0.2) is 4.79 Å². The first-order valence-electron chi connectivity index (χ1n) is 8.58. The Morgan fingerprint density at radius 2 is 2.32 bits per heavy atom. The molecule has 1 aromatic rings. The highest BCUT2D eigenvalue weighted by atomic mass is 16.4. The molecule has 2 heterocycles. The molecule has 1 aliphatic heterocycles. The summed E-state index contributed by atoms with van der Waals surface area (Å²) in [7, 11) is 0. The molecule has 2 aliphatic carbocycles. The average molecular weight is 303 g/mol. The van der Waals surface area contributed by atoms with E-state index in [-0.39, 0.29) is 5.76 Å². The highest BCUT2D eigenvalue weighted by molar-refractivity contribution is 5.84. The lowest BCUT2D eigenvalue weighted by atomic mass is 9.70. The summed E-state index contributed by atoms with van der Waals surface area (Å²) < 4.78 is 5.48. The van der Waals surface area contributed by atoms with Crippen LogP contribution < -0.4 is 0 Å². The van der Waals surface area contributed by atoms with E-state index >= 15 is 0 Å². The van der Waals surface area contributed by atoms with Gasteiger partial charge in [-0.05, 0) is 48.5 Å². The van der Waals surface area contributed by atoms with Gasteiger partial charge in [0, 0.05) is 31.6 Å². The minimum atomic E-state index is -0.968. The zero-order valence-corrected chi connectivity index (χ0v) is 13.5. The Bertz CT molecular complexity index is 607. The van der Waals surface area contributed by atoms with Crippen molar-refractivity contribution in [2.75, 3.05) is 13.1 Å². The fourth-order valence-corrected chi connectivity index (χ4v) is 5.62. The van der Waals surface area contributed by atoms with Crippen LogP contribution in [0.5, 0.6) is 0 Å². The number of carboxylic acids is 1. The van der Waals surface area contributed by atoms with Gasteiger partial charge in [0.15, 0.2) is 0 Å². The summed E-state index contributed by atoms with van der Waals surface area (Å²) in [5.74, 6) is 2.65. The Morgan fingerprint density at radius 1 is 1.50 bits per heavy atom. The summed E-state index contributed by atoms with van der Waals surface area (Å²) in [6.45, 7) is 7.68. The normalized spacial score (nSPS) is 36.9. The number of fused-ring (bicyclic) bond motifs is 5. The van der Waals surface area contributed by atoms with Gasteiger partial charge in [0.1, 0.15) is 5.76 Å². The molecular formula is C18H25NO3. The standard InChI is InChI=1S/C18H25NO3/c1-3-15-12(7-16(22-15)17(20)21)8-19-9-14-11-4-5-13(6-11)18(14,2)10-19/h7,11,13-14H,3-6,8-10H2,1-2H3,(H,20,21)/t11-,13+,14-,18+/m1/s1. The SMILES string of the molecule is CCc1oc(C(=O)O)cc1CN1C[C@@H]2[C@@H]3CC[C@@H](C3)[C@]2(C)C1. The summed E-state index contributed by atoms with van der Waals surface area (Å²) in [4.78, 5) is 13.6. The van der Waals surface area contributed by atoms with Crippen molar-refractivity contribution < 1.29 is 14.3 Å². The molecule has 120 valence electrons. The van der Waals surface area contributed by atoms with Gasteiger partial charge in [-0.15, -0.1) is 0 Å². The number of likely N-dealkylation sites (tertiary alicyclic amines) is 1. The van der Waals surface area contributed by atoms with Gasteiger partial charge >= 0.3 is 5.97 Å². The highest BCUT2D eigenvalue weighted by Gasteiger charge is 2.58. The molecule has 0 radical (unpaired) electrons. The fraction of sp³-hybridized carbons (Fsp3) is 0.722. The molecule has 1 N–H and O–H groups in total. The van der Waals surface area contributed by atoms with Crippen molar-refractivity contribution in [3.63, 3.8) is 0 Å². The molecule has 3 fully saturated rings. The molecule has 4 rings (SSSR count). The number of nitrogens with zero attached hydrogens (tertiary/aromatic N) is 1. The molecule has 1 saturated heterocycles. The summed E-state index contributed by atoms with van der Waals surface area (Å²) in [5, 5.41) is 9.12. The number of carboxylic acid groups (broad SMARTS) is 1. The molecule has 4 nitrogen and oxygen atoms in total. The molecule has 0 aromatic carbocycles. The maximum Gasteiger partial charge on any atom is 0.371 e. The van der Waals surface area contributed by atoms with E-state index in [1.165, 1.54) is 25.8 Å². The second-order valence-corrected chi connectivity index (χ2v) is 7.77. The predicted molar refractivity (Wildman–Crippen MR) is 82.8 cm³/mol. The number of furan rings is 1. The lowest BCUT2D eigenvalue weighted by molar-refractivity contribution is 0.0660. The molecule has 4 atom stereocenters. The molecule has 0 amide bonds. The molecule has 4 heteroatoms. The number of hydrogen-bond donors (Lipinski definition) is 1. The Kier molecular flexibility index (Phi) is 3.16. The zero-order chi connectivity index (χ0) is 15.5. The second-order valence-electron chi connectivity index (χ2n) is 7.77. The van der Waals surface area contributed by atoms with Gasteiger partial charge in [0.05, 0.1) is 0 Å². The predicted octanol–water partition coefficient (Wildman–Crippen LogP) is 3.41. The number of aromatic carboxylic acids is 1. The van der Waals surface area contributed by atoms with Crippen LogP contribution in [0, 0.1) is 23.2 Å². The van der Waals surface area contributed by atoms with Crippen molar-refractivity contribution in [1.82, 2.24) is 4.90 Å². The topological polar surface area (TPSA) is 53.7 Å². The third kappa shape index (κ3) is 1.96. The van der Waals surface area contributed by atoms with Crippen LogP contribution in [-0.4, -0.2) is 29.1 Å². The fourth-order valence-electron chi connectivity index (χ4n) is 5.62. The molecule has 22 heavy (non-hydrogen) atoms. The van der Waals surface area contributed by atoms with Crippen molar-refractivity contribution in [3.8, 4) is 0 Å². The van der Waals surface area contributed by atoms with E-state index < -0.39 is 5.97 Å². The van der Waals surface area contributed by atoms with Crippen LogP contribution in [0.1, 0.15) is 55.0 Å². The van der Waals surface area contributed by atoms with Crippen LogP contribution in [0.2, 0.25) is 0 Å². The van der Waals surface area contributed by atoms with Crippen LogP contribution in [0.25, 0.3) is 0 Å². The minimum Gasteiger partial charge on any atom is -0.475 e. The number of aryl methyl sites for hydroxylation is 1. The van der Waals surface area contributed by atoms with E-state index in [2.05, 4.69) is 11.8 Å². The van der Waals surface area contributed by atoms with Crippen LogP contribution in [0.15, 0.2) is 10.5 Å². The lowest BCUT2D eigenvalue weighted by Crippen LogP contribution is -2.32. The van der Waals surface area contributed by atoms with Gasteiger partial charge in [0.2, 0.25) is 5.76 Å². The highest BCUT2D eigenvalue weighted by Crippen LogP contribution is 2.62. The first-order chi connectivity index (χ1) is 10.5. The number of hydrogen-bond acceptors (Lipinski definition) is 3. The summed E-state index contributed by atoms with van der Waals surface area (Å²) >= 11 is 0. The van der Waals surface area contributed by atoms with Gasteiger partial charge in [-0.2, -0.15) is 0 Å². The lowest BCUT2D eigenvalue weighted by Gasteiger charge is -2.35. The maximum absolute atomic E-state index is 11.1. The molecule has 2 saturated carbocycles. The minimum absolute atomic E-state index is 0.0810. The van der Waals surface area contributed by atoms with Gasteiger partial charge in [-0.1, -0.05) is 13.8 Å². The number of rotatable bonds is 4. The Hall–Kier alpha value is -1.29. The molecule has 1 aromatic heterocycles. The van der Waals surface area contributed by atoms with Gasteiger partial charge in [-0.3, -0.25) is 4.90 Å². The van der Waals surface area contributed by atoms with Crippen molar-refractivity contribution in [1.29, 1.82) is 0 Å². The Labute approximate surface area is 131 Å². The molecular weight excluding hydrogens is 278 g/mol. The first kappa shape index (κ1) is 14.3. The third-order valence-corrected chi connectivity index (χ3v) is 6.66. The molecule has 0 unspecified atom stereocenters. The van der Waals surface area contributed by atoms with E-state index in [0.29, 0.717) is 5.41 Å². The van der Waals surface area contributed by atoms with Crippen LogP contribution in [0.4, 0.5) is 0 Å². The molecule has 0 spiro atoms. The van der Waals surface area contributed by atoms with Crippen LogP contribution in [-0.2, 0) is 13.0 Å². The van der Waals surface area contributed by atoms with E-state index in [4.69, 9.17) is 9.52 Å². The van der Waals surface area contributed by atoms with E-state index in [1.807, 2.05) is 6.92 Å². The quantitative estimate of drug-likeness (QED) is 0.926. The van der Waals surface area contributed by atoms with Crippen LogP contribution >= 0.6 is 0 Å². The molecule has 2 bridgehead atoms. The smallest absolute Gasteiger partial charge is 0.371 e. The van der Waals surface area contributed by atoms with Crippen LogP contribution in [0.3, 0.4) is 0 Å². The third-order valence-electron chi connectivity index (χ3n) is 6.66. The summed E-state index contributed by atoms with van der Waals surface area (Å²) in [5.41, 5.74) is 1.56. The zero-order valence-electron chi connectivity index (χ0n) is 13.5. The second kappa shape index (κ2) is 4.85. The summed E-state index contributed by atoms with van der Waals surface area (Å²) in [6, 6.07) is 1.73. The Balaban J connectivity index is 1.52. The van der Waals surface area contributed by atoms with Crippen molar-refractivity contribution >= 4 is 5.97 Å². The van der Waals surface area contributed by atoms with E-state index in [9.17, 15) is 4.79 Å². The Morgan fingerprint density at radius 3 is 3.00 bits per heavy atom. The first-order valence-corrected chi connectivity index (χ1v) is 8.58. The van der Waals surface area contributed by atoms with Gasteiger partial charge < -0.3 is 9.52 Å². The average Bonchev–Trinajstić information content (AvgIpc) is 3.18. The molecule has 3 aliphatic rings. The number of carbonyl (C=O) groups is 1. The van der Waals surface area contributed by atoms with Crippen molar-refractivity contribution in [2.45, 2.75) is 46.1 Å². The van der Waals surface area contributed by atoms with E-state index in [1.54, 1.807) is 6.07 Å². The largest absolute Gasteiger partial charge is 0.475 e. The van der Waals surface area contributed by atoms with E-state index in [0.717, 1.165) is 48.6 Å². The van der Waals surface area contributed by atoms with Crippen molar-refractivity contribution in [2.24, 2.45) is 23.2 Å². The van der Waals surface area contributed by atoms with Crippen molar-refractivity contribution in [3.05, 3.63) is 23.2 Å².